The van der Waals surface area contributed by atoms with Crippen molar-refractivity contribution in [2.24, 2.45) is 0 Å². The Bertz CT molecular complexity index is 609. The fraction of sp³-hybridized carbons (Fsp3) is 0.471. The SMILES string of the molecule is CCCC[C@@H](CCO)Nc1nc(N)ncc1OCc1cccnc1. The maximum Gasteiger partial charge on any atom is 0.222 e. The molecule has 4 N–H and O–H groups in total. The molecule has 2 rings (SSSR count). The number of nitrogens with zero attached hydrogens (tertiary/aromatic N) is 3. The van der Waals surface area contributed by atoms with Crippen LogP contribution in [0.15, 0.2) is 30.7 Å². The van der Waals surface area contributed by atoms with Crippen LogP contribution in [0.5, 0.6) is 5.75 Å². The molecule has 7 nitrogen and oxygen atoms in total. The zero-order valence-electron chi connectivity index (χ0n) is 14.0. The number of nitrogens with two attached hydrogens (primary N) is 1. The Kier molecular flexibility index (Phi) is 7.22. The van der Waals surface area contributed by atoms with E-state index in [-0.39, 0.29) is 18.6 Å². The second-order valence-electron chi connectivity index (χ2n) is 5.59. The summed E-state index contributed by atoms with van der Waals surface area (Å²) in [5.41, 5.74) is 6.66. The Morgan fingerprint density at radius 3 is 2.92 bits per heavy atom. The highest BCUT2D eigenvalue weighted by Crippen LogP contribution is 2.25. The van der Waals surface area contributed by atoms with Gasteiger partial charge >= 0.3 is 0 Å². The molecule has 0 radical (unpaired) electrons. The predicted octanol–water partition coefficient (Wildman–Crippen LogP) is 2.39. The monoisotopic (exact) mass is 331 g/mol. The quantitative estimate of drug-likeness (QED) is 0.613. The van der Waals surface area contributed by atoms with Crippen molar-refractivity contribution in [3.63, 3.8) is 0 Å². The van der Waals surface area contributed by atoms with Crippen LogP contribution in [-0.4, -0.2) is 32.7 Å². The van der Waals surface area contributed by atoms with Crippen molar-refractivity contribution < 1.29 is 9.84 Å². The number of aliphatic hydroxyl groups excluding tert-OH is 1. The van der Waals surface area contributed by atoms with Gasteiger partial charge in [0, 0.05) is 30.6 Å². The molecule has 0 aliphatic carbocycles. The van der Waals surface area contributed by atoms with Crippen molar-refractivity contribution in [1.82, 2.24) is 15.0 Å². The molecule has 1 atom stereocenters. The molecule has 0 amide bonds. The summed E-state index contributed by atoms with van der Waals surface area (Å²) >= 11 is 0. The Morgan fingerprint density at radius 1 is 1.33 bits per heavy atom. The fourth-order valence-corrected chi connectivity index (χ4v) is 2.33. The maximum atomic E-state index is 9.25. The van der Waals surface area contributed by atoms with Gasteiger partial charge in [0.2, 0.25) is 5.95 Å². The molecule has 24 heavy (non-hydrogen) atoms. The van der Waals surface area contributed by atoms with Crippen molar-refractivity contribution in [2.45, 2.75) is 45.3 Å². The van der Waals surface area contributed by atoms with Gasteiger partial charge in [-0.2, -0.15) is 4.98 Å². The van der Waals surface area contributed by atoms with Crippen molar-refractivity contribution in [3.8, 4) is 5.75 Å². The fourth-order valence-electron chi connectivity index (χ4n) is 2.33. The summed E-state index contributed by atoms with van der Waals surface area (Å²) in [5.74, 6) is 1.28. The molecule has 0 saturated carbocycles. The summed E-state index contributed by atoms with van der Waals surface area (Å²) in [5, 5.41) is 12.6. The molecule has 0 aromatic carbocycles. The van der Waals surface area contributed by atoms with E-state index in [1.165, 1.54) is 0 Å². The molecule has 0 bridgehead atoms. The molecule has 0 fully saturated rings. The second kappa shape index (κ2) is 9.67. The smallest absolute Gasteiger partial charge is 0.222 e. The number of rotatable bonds is 10. The Morgan fingerprint density at radius 2 is 2.21 bits per heavy atom. The van der Waals surface area contributed by atoms with Gasteiger partial charge in [0.05, 0.1) is 6.20 Å². The van der Waals surface area contributed by atoms with Gasteiger partial charge in [-0.1, -0.05) is 25.8 Å². The topological polar surface area (TPSA) is 106 Å². The first-order valence-electron chi connectivity index (χ1n) is 8.24. The summed E-state index contributed by atoms with van der Waals surface area (Å²) in [7, 11) is 0. The first kappa shape index (κ1) is 17.9. The van der Waals surface area contributed by atoms with Crippen LogP contribution in [0.1, 0.15) is 38.2 Å². The van der Waals surface area contributed by atoms with Crippen LogP contribution in [0.4, 0.5) is 11.8 Å². The van der Waals surface area contributed by atoms with E-state index in [2.05, 4.69) is 27.2 Å². The Labute approximate surface area is 142 Å². The number of nitrogen functional groups attached to an aromatic ring is 1. The number of nitrogens with one attached hydrogen (secondary N) is 1. The van der Waals surface area contributed by atoms with E-state index in [0.717, 1.165) is 24.8 Å². The minimum Gasteiger partial charge on any atom is -0.483 e. The standard InChI is InChI=1S/C17H25N5O2/c1-2-3-6-14(7-9-23)21-16-15(11-20-17(18)22-16)24-12-13-5-4-8-19-10-13/h4-5,8,10-11,14,23H,2-3,6-7,9,12H2,1H3,(H3,18,20,21,22)/t14-/m0/s1. The number of pyridine rings is 1. The van der Waals surface area contributed by atoms with Crippen LogP contribution < -0.4 is 15.8 Å². The van der Waals surface area contributed by atoms with E-state index >= 15 is 0 Å². The summed E-state index contributed by atoms with van der Waals surface area (Å²) in [4.78, 5) is 12.3. The summed E-state index contributed by atoms with van der Waals surface area (Å²) in [6.07, 6.45) is 8.80. The van der Waals surface area contributed by atoms with Crippen molar-refractivity contribution in [3.05, 3.63) is 36.3 Å². The number of hydrogen-bond acceptors (Lipinski definition) is 7. The highest BCUT2D eigenvalue weighted by atomic mass is 16.5. The van der Waals surface area contributed by atoms with E-state index < -0.39 is 0 Å². The molecule has 0 saturated heterocycles. The van der Waals surface area contributed by atoms with Crippen LogP contribution in [0.3, 0.4) is 0 Å². The van der Waals surface area contributed by atoms with Crippen molar-refractivity contribution in [1.29, 1.82) is 0 Å². The van der Waals surface area contributed by atoms with Crippen LogP contribution in [0, 0.1) is 0 Å². The van der Waals surface area contributed by atoms with Gasteiger partial charge in [-0.15, -0.1) is 0 Å². The third kappa shape index (κ3) is 5.66. The van der Waals surface area contributed by atoms with Gasteiger partial charge in [-0.05, 0) is 18.9 Å². The number of ether oxygens (including phenoxy) is 1. The molecule has 0 unspecified atom stereocenters. The molecule has 7 heteroatoms. The molecule has 130 valence electrons. The third-order valence-electron chi connectivity index (χ3n) is 3.62. The van der Waals surface area contributed by atoms with Gasteiger partial charge < -0.3 is 20.9 Å². The summed E-state index contributed by atoms with van der Waals surface area (Å²) < 4.78 is 5.82. The predicted molar refractivity (Wildman–Crippen MR) is 93.7 cm³/mol. The summed E-state index contributed by atoms with van der Waals surface area (Å²) in [6.45, 7) is 2.63. The lowest BCUT2D eigenvalue weighted by Gasteiger charge is -2.20. The highest BCUT2D eigenvalue weighted by molar-refractivity contribution is 5.51. The number of anilines is 2. The average Bonchev–Trinajstić information content (AvgIpc) is 2.60. The van der Waals surface area contributed by atoms with Crippen molar-refractivity contribution in [2.75, 3.05) is 17.7 Å². The molecule has 0 aliphatic heterocycles. The largest absolute Gasteiger partial charge is 0.483 e. The van der Waals surface area contributed by atoms with E-state index in [1.807, 2.05) is 12.1 Å². The minimum atomic E-state index is 0.116. The van der Waals surface area contributed by atoms with Gasteiger partial charge in [-0.25, -0.2) is 4.98 Å². The number of hydrogen-bond donors (Lipinski definition) is 3. The van der Waals surface area contributed by atoms with Crippen LogP contribution in [0.25, 0.3) is 0 Å². The Hall–Kier alpha value is -2.41. The van der Waals surface area contributed by atoms with Gasteiger partial charge in [0.1, 0.15) is 6.61 Å². The molecule has 2 aromatic rings. The normalized spacial score (nSPS) is 11.9. The minimum absolute atomic E-state index is 0.116. The third-order valence-corrected chi connectivity index (χ3v) is 3.62. The van der Waals surface area contributed by atoms with E-state index in [1.54, 1.807) is 18.6 Å². The van der Waals surface area contributed by atoms with E-state index in [9.17, 15) is 5.11 Å². The molecule has 0 spiro atoms. The maximum absolute atomic E-state index is 9.25. The van der Waals surface area contributed by atoms with Crippen LogP contribution in [0.2, 0.25) is 0 Å². The first-order chi connectivity index (χ1) is 11.7. The lowest BCUT2D eigenvalue weighted by Crippen LogP contribution is -2.22. The highest BCUT2D eigenvalue weighted by Gasteiger charge is 2.14. The van der Waals surface area contributed by atoms with Crippen LogP contribution >= 0.6 is 0 Å². The molecule has 0 aliphatic rings. The molecular weight excluding hydrogens is 306 g/mol. The first-order valence-corrected chi connectivity index (χ1v) is 8.24. The van der Waals surface area contributed by atoms with Gasteiger partial charge in [0.15, 0.2) is 11.6 Å². The summed E-state index contributed by atoms with van der Waals surface area (Å²) in [6, 6.07) is 3.91. The number of aromatic nitrogens is 3. The van der Waals surface area contributed by atoms with Crippen molar-refractivity contribution >= 4 is 11.8 Å². The second-order valence-corrected chi connectivity index (χ2v) is 5.59. The molecule has 2 heterocycles. The zero-order valence-corrected chi connectivity index (χ0v) is 14.0. The van der Waals surface area contributed by atoms with E-state index in [4.69, 9.17) is 10.5 Å². The molecular formula is C17H25N5O2. The molecule has 2 aromatic heterocycles. The van der Waals surface area contributed by atoms with Crippen LogP contribution in [-0.2, 0) is 6.61 Å². The number of aliphatic hydroxyl groups is 1. The lowest BCUT2D eigenvalue weighted by atomic mass is 10.1. The van der Waals surface area contributed by atoms with E-state index in [0.29, 0.717) is 24.6 Å². The number of unbranched alkanes of at least 4 members (excludes halogenated alkanes) is 1. The lowest BCUT2D eigenvalue weighted by molar-refractivity contribution is 0.275. The van der Waals surface area contributed by atoms with Gasteiger partial charge in [0.25, 0.3) is 0 Å². The average molecular weight is 331 g/mol. The zero-order chi connectivity index (χ0) is 17.2. The Balaban J connectivity index is 2.08. The van der Waals surface area contributed by atoms with Gasteiger partial charge in [-0.3, -0.25) is 4.98 Å².